The van der Waals surface area contributed by atoms with Gasteiger partial charge in [-0.05, 0) is 18.5 Å². The maximum Gasteiger partial charge on any atom is 0.282 e. The Morgan fingerprint density at radius 3 is 2.79 bits per heavy atom. The van der Waals surface area contributed by atoms with E-state index in [0.717, 1.165) is 5.00 Å². The van der Waals surface area contributed by atoms with Gasteiger partial charge in [-0.3, -0.25) is 9.63 Å². The number of amides is 1. The fourth-order valence-corrected chi connectivity index (χ4v) is 1.77. The topological polar surface area (TPSA) is 54.5 Å². The van der Waals surface area contributed by atoms with Gasteiger partial charge in [-0.1, -0.05) is 0 Å². The van der Waals surface area contributed by atoms with Gasteiger partial charge in [0.05, 0.1) is 18.4 Å². The molecule has 0 radical (unpaired) electrons. The minimum absolute atomic E-state index is 0.192. The average Bonchev–Trinajstić information content (AvgIpc) is 2.57. The second kappa shape index (κ2) is 4.39. The van der Waals surface area contributed by atoms with Crippen molar-refractivity contribution >= 4 is 22.4 Å². The highest BCUT2D eigenvalue weighted by atomic mass is 32.1. The first-order valence-corrected chi connectivity index (χ1v) is 4.85. The molecule has 1 heterocycles. The lowest BCUT2D eigenvalue weighted by molar-refractivity contribution is -0.0756. The molecule has 1 N–H and O–H groups in total. The average molecular weight is 215 g/mol. The second-order valence-corrected chi connectivity index (χ2v) is 3.48. The lowest BCUT2D eigenvalue weighted by Crippen LogP contribution is -2.26. The van der Waals surface area contributed by atoms with Crippen molar-refractivity contribution in [1.29, 1.82) is 0 Å². The Bertz CT molecular complexity index is 337. The van der Waals surface area contributed by atoms with Gasteiger partial charge < -0.3 is 5.32 Å². The third-order valence-electron chi connectivity index (χ3n) is 1.86. The van der Waals surface area contributed by atoms with Crippen LogP contribution in [0.15, 0.2) is 0 Å². The molecule has 0 aromatic carbocycles. The first-order valence-electron chi connectivity index (χ1n) is 4.08. The number of hydrogen-bond donors (Lipinski definition) is 1. The smallest absolute Gasteiger partial charge is 0.282 e. The van der Waals surface area contributed by atoms with E-state index in [0.29, 0.717) is 11.3 Å². The van der Waals surface area contributed by atoms with Gasteiger partial charge in [0.25, 0.3) is 5.91 Å². The van der Waals surface area contributed by atoms with Crippen molar-refractivity contribution in [2.24, 2.45) is 0 Å². The third-order valence-corrected chi connectivity index (χ3v) is 2.82. The van der Waals surface area contributed by atoms with Gasteiger partial charge in [0.1, 0.15) is 5.00 Å². The Morgan fingerprint density at radius 1 is 1.64 bits per heavy atom. The van der Waals surface area contributed by atoms with E-state index < -0.39 is 0 Å². The molecule has 14 heavy (non-hydrogen) atoms. The van der Waals surface area contributed by atoms with Crippen molar-refractivity contribution in [1.82, 2.24) is 9.44 Å². The van der Waals surface area contributed by atoms with Crippen LogP contribution in [0.2, 0.25) is 0 Å². The van der Waals surface area contributed by atoms with Crippen molar-refractivity contribution in [3.05, 3.63) is 11.3 Å². The second-order valence-electron chi connectivity index (χ2n) is 2.71. The van der Waals surface area contributed by atoms with Crippen molar-refractivity contribution < 1.29 is 9.63 Å². The van der Waals surface area contributed by atoms with Crippen LogP contribution in [0.3, 0.4) is 0 Å². The zero-order valence-corrected chi connectivity index (χ0v) is 9.44. The summed E-state index contributed by atoms with van der Waals surface area (Å²) in [6.45, 7) is 1.80. The summed E-state index contributed by atoms with van der Waals surface area (Å²) in [7, 11) is 4.78. The fraction of sp³-hybridized carbons (Fsp3) is 0.500. The highest BCUT2D eigenvalue weighted by Gasteiger charge is 2.20. The summed E-state index contributed by atoms with van der Waals surface area (Å²) in [4.78, 5) is 16.6. The molecule has 0 saturated heterocycles. The van der Waals surface area contributed by atoms with E-state index in [4.69, 9.17) is 4.84 Å². The van der Waals surface area contributed by atoms with Gasteiger partial charge in [0, 0.05) is 14.1 Å². The van der Waals surface area contributed by atoms with E-state index in [9.17, 15) is 4.79 Å². The van der Waals surface area contributed by atoms with Crippen LogP contribution in [-0.4, -0.2) is 36.5 Å². The molecule has 0 aliphatic heterocycles. The summed E-state index contributed by atoms with van der Waals surface area (Å²) in [6.07, 6.45) is 0. The molecule has 0 fully saturated rings. The van der Waals surface area contributed by atoms with Crippen LogP contribution in [0, 0.1) is 6.92 Å². The van der Waals surface area contributed by atoms with Crippen molar-refractivity contribution in [3.63, 3.8) is 0 Å². The Kier molecular flexibility index (Phi) is 3.43. The van der Waals surface area contributed by atoms with E-state index in [1.54, 1.807) is 21.0 Å². The molecule has 0 saturated carbocycles. The van der Waals surface area contributed by atoms with Crippen LogP contribution in [0.4, 0.5) is 5.00 Å². The zero-order valence-electron chi connectivity index (χ0n) is 8.62. The lowest BCUT2D eigenvalue weighted by Gasteiger charge is -2.13. The number of carbonyl (C=O) groups is 1. The molecule has 0 bridgehead atoms. The molecular weight excluding hydrogens is 202 g/mol. The molecule has 1 aromatic rings. The van der Waals surface area contributed by atoms with Crippen molar-refractivity contribution in [3.8, 4) is 0 Å². The number of aryl methyl sites for hydroxylation is 1. The van der Waals surface area contributed by atoms with E-state index in [1.807, 2.05) is 0 Å². The third kappa shape index (κ3) is 1.85. The Morgan fingerprint density at radius 2 is 2.29 bits per heavy atom. The molecule has 1 rings (SSSR count). The van der Waals surface area contributed by atoms with Crippen LogP contribution in [0.5, 0.6) is 0 Å². The lowest BCUT2D eigenvalue weighted by atomic mass is 10.2. The van der Waals surface area contributed by atoms with E-state index >= 15 is 0 Å². The van der Waals surface area contributed by atoms with Gasteiger partial charge in [-0.15, -0.1) is 0 Å². The summed E-state index contributed by atoms with van der Waals surface area (Å²) in [5, 5.41) is 4.87. The van der Waals surface area contributed by atoms with Gasteiger partial charge in [0.15, 0.2) is 0 Å². The SMILES string of the molecule is CNc1snc(C)c1C(=O)N(C)OC. The predicted octanol–water partition coefficient (Wildman–Crippen LogP) is 1.13. The molecule has 6 heteroatoms. The number of nitrogens with one attached hydrogen (secondary N) is 1. The summed E-state index contributed by atoms with van der Waals surface area (Å²) in [5.41, 5.74) is 1.29. The van der Waals surface area contributed by atoms with Crippen LogP contribution in [0.1, 0.15) is 16.1 Å². The molecule has 0 aliphatic carbocycles. The van der Waals surface area contributed by atoms with Crippen LogP contribution in [-0.2, 0) is 4.84 Å². The van der Waals surface area contributed by atoms with E-state index in [1.165, 1.54) is 23.7 Å². The monoisotopic (exact) mass is 215 g/mol. The largest absolute Gasteiger partial charge is 0.378 e. The van der Waals surface area contributed by atoms with Gasteiger partial charge in [0.2, 0.25) is 0 Å². The van der Waals surface area contributed by atoms with E-state index in [2.05, 4.69) is 9.69 Å². The molecule has 5 nitrogen and oxygen atoms in total. The standard InChI is InChI=1S/C8H13N3O2S/c1-5-6(7(9-2)14-10-5)8(12)11(3)13-4/h9H,1-4H3. The van der Waals surface area contributed by atoms with E-state index in [-0.39, 0.29) is 5.91 Å². The fourth-order valence-electron chi connectivity index (χ4n) is 1.03. The number of nitrogens with zero attached hydrogens (tertiary/aromatic N) is 2. The minimum Gasteiger partial charge on any atom is -0.378 e. The van der Waals surface area contributed by atoms with Crippen molar-refractivity contribution in [2.45, 2.75) is 6.92 Å². The molecule has 1 aromatic heterocycles. The summed E-state index contributed by atoms with van der Waals surface area (Å²) >= 11 is 1.27. The number of rotatable bonds is 3. The normalized spacial score (nSPS) is 10.0. The van der Waals surface area contributed by atoms with Crippen LogP contribution in [0.25, 0.3) is 0 Å². The Balaban J connectivity index is 3.04. The molecule has 1 amide bonds. The molecule has 0 spiro atoms. The highest BCUT2D eigenvalue weighted by molar-refractivity contribution is 7.10. The maximum atomic E-state index is 11.8. The van der Waals surface area contributed by atoms with Gasteiger partial charge >= 0.3 is 0 Å². The zero-order chi connectivity index (χ0) is 10.7. The number of hydrogen-bond acceptors (Lipinski definition) is 5. The van der Waals surface area contributed by atoms with Gasteiger partial charge in [-0.25, -0.2) is 5.06 Å². The number of aromatic nitrogens is 1. The summed E-state index contributed by atoms with van der Waals surface area (Å²) in [5.74, 6) is -0.192. The highest BCUT2D eigenvalue weighted by Crippen LogP contribution is 2.24. The first kappa shape index (κ1) is 10.9. The Hall–Kier alpha value is -1.14. The van der Waals surface area contributed by atoms with Crippen LogP contribution < -0.4 is 5.32 Å². The maximum absolute atomic E-state index is 11.8. The molecular formula is C8H13N3O2S. The number of anilines is 1. The minimum atomic E-state index is -0.192. The van der Waals surface area contributed by atoms with Crippen LogP contribution >= 0.6 is 11.5 Å². The predicted molar refractivity (Wildman–Crippen MR) is 55.5 cm³/mol. The quantitative estimate of drug-likeness (QED) is 0.768. The number of hydroxylamine groups is 2. The molecule has 78 valence electrons. The molecule has 0 aliphatic rings. The van der Waals surface area contributed by atoms with Crippen molar-refractivity contribution in [2.75, 3.05) is 26.5 Å². The Labute approximate surface area is 86.8 Å². The summed E-state index contributed by atoms with van der Waals surface area (Å²) in [6, 6.07) is 0. The molecule has 0 atom stereocenters. The molecule has 0 unspecified atom stereocenters. The summed E-state index contributed by atoms with van der Waals surface area (Å²) < 4.78 is 4.10. The first-order chi connectivity index (χ1) is 6.61. The number of carbonyl (C=O) groups excluding carboxylic acids is 1. The van der Waals surface area contributed by atoms with Gasteiger partial charge in [-0.2, -0.15) is 4.37 Å².